The number of nitrogens with zero attached hydrogens (tertiary/aromatic N) is 2. The molecule has 28 heavy (non-hydrogen) atoms. The van der Waals surface area contributed by atoms with Crippen LogP contribution in [0.25, 0.3) is 0 Å². The fourth-order valence-electron chi connectivity index (χ4n) is 3.38. The zero-order chi connectivity index (χ0) is 20.1. The summed E-state index contributed by atoms with van der Waals surface area (Å²) in [6, 6.07) is 14.3. The molecule has 7 heteroatoms. The highest BCUT2D eigenvalue weighted by Crippen LogP contribution is 2.21. The summed E-state index contributed by atoms with van der Waals surface area (Å²) in [5, 5.41) is 2.91. The summed E-state index contributed by atoms with van der Waals surface area (Å²) in [4.78, 5) is 14.9. The van der Waals surface area contributed by atoms with E-state index in [1.54, 1.807) is 18.2 Å². The van der Waals surface area contributed by atoms with Crippen molar-refractivity contribution >= 4 is 15.9 Å². The van der Waals surface area contributed by atoms with E-state index in [1.165, 1.54) is 10.4 Å². The lowest BCUT2D eigenvalue weighted by atomic mass is 10.1. The first-order valence-electron chi connectivity index (χ1n) is 9.48. The SMILES string of the molecule is CN(C)Cc1ccccc1CNC(=O)c1cccc(S(=O)(=O)N2CCCC2)c1. The number of carbonyl (C=O) groups is 1. The molecule has 1 aliphatic rings. The number of sulfonamides is 1. The monoisotopic (exact) mass is 401 g/mol. The molecule has 0 saturated carbocycles. The van der Waals surface area contributed by atoms with Crippen molar-refractivity contribution < 1.29 is 13.2 Å². The number of benzene rings is 2. The van der Waals surface area contributed by atoms with Gasteiger partial charge in [0.25, 0.3) is 5.91 Å². The summed E-state index contributed by atoms with van der Waals surface area (Å²) in [7, 11) is 0.469. The molecule has 1 heterocycles. The minimum Gasteiger partial charge on any atom is -0.348 e. The van der Waals surface area contributed by atoms with E-state index in [0.29, 0.717) is 25.2 Å². The van der Waals surface area contributed by atoms with Gasteiger partial charge in [-0.1, -0.05) is 30.3 Å². The van der Waals surface area contributed by atoms with Crippen molar-refractivity contribution in [3.63, 3.8) is 0 Å². The standard InChI is InChI=1S/C21H27N3O3S/c1-23(2)16-19-9-4-3-8-18(19)15-22-21(25)17-10-7-11-20(14-17)28(26,27)24-12-5-6-13-24/h3-4,7-11,14H,5-6,12-13,15-16H2,1-2H3,(H,22,25). The van der Waals surface area contributed by atoms with Gasteiger partial charge in [0.05, 0.1) is 4.90 Å². The van der Waals surface area contributed by atoms with Gasteiger partial charge in [-0.25, -0.2) is 8.42 Å². The summed E-state index contributed by atoms with van der Waals surface area (Å²) in [5.74, 6) is -0.280. The normalized spacial score (nSPS) is 15.1. The molecular formula is C21H27N3O3S. The first kappa shape index (κ1) is 20.5. The van der Waals surface area contributed by atoms with Crippen molar-refractivity contribution in [1.29, 1.82) is 0 Å². The van der Waals surface area contributed by atoms with Crippen LogP contribution in [0.4, 0.5) is 0 Å². The summed E-state index contributed by atoms with van der Waals surface area (Å²) in [5.41, 5.74) is 2.55. The van der Waals surface area contributed by atoms with Crippen LogP contribution >= 0.6 is 0 Å². The lowest BCUT2D eigenvalue weighted by Gasteiger charge is -2.16. The number of amides is 1. The van der Waals surface area contributed by atoms with Gasteiger partial charge >= 0.3 is 0 Å². The van der Waals surface area contributed by atoms with Gasteiger partial charge < -0.3 is 10.2 Å². The number of hydrogen-bond donors (Lipinski definition) is 1. The van der Waals surface area contributed by atoms with E-state index in [-0.39, 0.29) is 10.8 Å². The molecule has 3 rings (SSSR count). The van der Waals surface area contributed by atoms with Gasteiger partial charge in [0, 0.05) is 31.7 Å². The van der Waals surface area contributed by atoms with Crippen LogP contribution in [0.5, 0.6) is 0 Å². The summed E-state index contributed by atoms with van der Waals surface area (Å²) >= 11 is 0. The van der Waals surface area contributed by atoms with Gasteiger partial charge in [-0.15, -0.1) is 0 Å². The van der Waals surface area contributed by atoms with Crippen molar-refractivity contribution in [3.8, 4) is 0 Å². The lowest BCUT2D eigenvalue weighted by molar-refractivity contribution is 0.0950. The number of carbonyl (C=O) groups excluding carboxylic acids is 1. The zero-order valence-electron chi connectivity index (χ0n) is 16.4. The Bertz CT molecular complexity index is 935. The Kier molecular flexibility index (Phi) is 6.49. The van der Waals surface area contributed by atoms with E-state index >= 15 is 0 Å². The van der Waals surface area contributed by atoms with Crippen LogP contribution in [0.15, 0.2) is 53.4 Å². The largest absolute Gasteiger partial charge is 0.348 e. The smallest absolute Gasteiger partial charge is 0.251 e. The maximum Gasteiger partial charge on any atom is 0.251 e. The summed E-state index contributed by atoms with van der Waals surface area (Å²) in [6.07, 6.45) is 1.76. The second kappa shape index (κ2) is 8.86. The molecule has 0 unspecified atom stereocenters. The maximum atomic E-state index is 12.7. The van der Waals surface area contributed by atoms with Crippen LogP contribution in [0, 0.1) is 0 Å². The Morgan fingerprint density at radius 1 is 1.04 bits per heavy atom. The van der Waals surface area contributed by atoms with E-state index in [9.17, 15) is 13.2 Å². The molecule has 1 N–H and O–H groups in total. The van der Waals surface area contributed by atoms with Crippen molar-refractivity contribution in [2.24, 2.45) is 0 Å². The predicted octanol–water partition coefficient (Wildman–Crippen LogP) is 2.46. The van der Waals surface area contributed by atoms with Gasteiger partial charge in [0.2, 0.25) is 10.0 Å². The van der Waals surface area contributed by atoms with E-state index < -0.39 is 10.0 Å². The Morgan fingerprint density at radius 3 is 2.39 bits per heavy atom. The quantitative estimate of drug-likeness (QED) is 0.774. The molecular weight excluding hydrogens is 374 g/mol. The van der Waals surface area contributed by atoms with Gasteiger partial charge in [-0.2, -0.15) is 4.31 Å². The fourth-order valence-corrected chi connectivity index (χ4v) is 4.94. The molecule has 1 saturated heterocycles. The van der Waals surface area contributed by atoms with Crippen molar-refractivity contribution in [1.82, 2.24) is 14.5 Å². The molecule has 0 radical (unpaired) electrons. The second-order valence-corrected chi connectivity index (χ2v) is 9.27. The molecule has 2 aromatic carbocycles. The second-order valence-electron chi connectivity index (χ2n) is 7.33. The Balaban J connectivity index is 1.72. The minimum atomic E-state index is -3.53. The molecule has 0 aliphatic carbocycles. The molecule has 1 amide bonds. The van der Waals surface area contributed by atoms with Gasteiger partial charge in [0.1, 0.15) is 0 Å². The first-order chi connectivity index (χ1) is 13.4. The number of hydrogen-bond acceptors (Lipinski definition) is 4. The van der Waals surface area contributed by atoms with Crippen LogP contribution in [0.3, 0.4) is 0 Å². The molecule has 6 nitrogen and oxygen atoms in total. The molecule has 150 valence electrons. The van der Waals surface area contributed by atoms with Crippen LogP contribution in [0.1, 0.15) is 34.3 Å². The van der Waals surface area contributed by atoms with E-state index in [2.05, 4.69) is 10.2 Å². The third-order valence-electron chi connectivity index (χ3n) is 4.84. The maximum absolute atomic E-state index is 12.7. The topological polar surface area (TPSA) is 69.7 Å². The van der Waals surface area contributed by atoms with Crippen molar-refractivity contribution in [2.75, 3.05) is 27.2 Å². The van der Waals surface area contributed by atoms with Gasteiger partial charge in [-0.3, -0.25) is 4.79 Å². The minimum absolute atomic E-state index is 0.176. The summed E-state index contributed by atoms with van der Waals surface area (Å²) in [6.45, 7) is 2.27. The molecule has 0 spiro atoms. The molecule has 0 aromatic heterocycles. The third-order valence-corrected chi connectivity index (χ3v) is 6.74. The fraction of sp³-hybridized carbons (Fsp3) is 0.381. The van der Waals surface area contributed by atoms with E-state index in [1.807, 2.05) is 38.4 Å². The first-order valence-corrected chi connectivity index (χ1v) is 10.9. The molecule has 2 aromatic rings. The predicted molar refractivity (Wildman–Crippen MR) is 109 cm³/mol. The highest BCUT2D eigenvalue weighted by Gasteiger charge is 2.27. The Hall–Kier alpha value is -2.22. The van der Waals surface area contributed by atoms with Crippen molar-refractivity contribution in [2.45, 2.75) is 30.8 Å². The highest BCUT2D eigenvalue weighted by molar-refractivity contribution is 7.89. The van der Waals surface area contributed by atoms with Crippen molar-refractivity contribution in [3.05, 3.63) is 65.2 Å². The molecule has 1 fully saturated rings. The van der Waals surface area contributed by atoms with E-state index in [4.69, 9.17) is 0 Å². The zero-order valence-corrected chi connectivity index (χ0v) is 17.2. The van der Waals surface area contributed by atoms with Gasteiger partial charge in [-0.05, 0) is 56.3 Å². The van der Waals surface area contributed by atoms with Crippen LogP contribution in [0.2, 0.25) is 0 Å². The average molecular weight is 402 g/mol. The lowest BCUT2D eigenvalue weighted by Crippen LogP contribution is -2.28. The average Bonchev–Trinajstić information content (AvgIpc) is 3.22. The number of nitrogens with one attached hydrogen (secondary N) is 1. The van der Waals surface area contributed by atoms with Crippen LogP contribution < -0.4 is 5.32 Å². The Morgan fingerprint density at radius 2 is 1.71 bits per heavy atom. The Labute approximate surface area is 167 Å². The van der Waals surface area contributed by atoms with Crippen LogP contribution in [-0.4, -0.2) is 50.7 Å². The molecule has 0 atom stereocenters. The molecule has 1 aliphatic heterocycles. The number of rotatable bonds is 7. The highest BCUT2D eigenvalue weighted by atomic mass is 32.2. The third kappa shape index (κ3) is 4.79. The molecule has 0 bridgehead atoms. The van der Waals surface area contributed by atoms with Crippen LogP contribution in [-0.2, 0) is 23.1 Å². The summed E-state index contributed by atoms with van der Waals surface area (Å²) < 4.78 is 26.9. The van der Waals surface area contributed by atoms with Gasteiger partial charge in [0.15, 0.2) is 0 Å². The van der Waals surface area contributed by atoms with E-state index in [0.717, 1.165) is 30.5 Å².